The van der Waals surface area contributed by atoms with Crippen LogP contribution < -0.4 is 10.1 Å². The smallest absolute Gasteiger partial charge is 0.220 e. The number of amides is 1. The van der Waals surface area contributed by atoms with Crippen molar-refractivity contribution in [1.82, 2.24) is 15.1 Å². The first-order chi connectivity index (χ1) is 15.5. The predicted molar refractivity (Wildman–Crippen MR) is 123 cm³/mol. The molecule has 0 saturated carbocycles. The van der Waals surface area contributed by atoms with Gasteiger partial charge in [0.15, 0.2) is 0 Å². The molecule has 0 spiro atoms. The number of nitrogens with one attached hydrogen (secondary N) is 1. The van der Waals surface area contributed by atoms with Crippen LogP contribution in [0.15, 0.2) is 24.3 Å². The van der Waals surface area contributed by atoms with Crippen LogP contribution in [0.1, 0.15) is 55.1 Å². The number of benzene rings is 1. The Hall–Kier alpha value is -2.85. The highest BCUT2D eigenvalue weighted by molar-refractivity contribution is 5.76. The van der Waals surface area contributed by atoms with Gasteiger partial charge in [0.05, 0.1) is 31.3 Å². The average Bonchev–Trinajstić information content (AvgIpc) is 3.08. The summed E-state index contributed by atoms with van der Waals surface area (Å²) in [6.45, 7) is 9.17. The van der Waals surface area contributed by atoms with Gasteiger partial charge in [-0.05, 0) is 63.3 Å². The van der Waals surface area contributed by atoms with Crippen molar-refractivity contribution >= 4 is 5.91 Å². The molecular formula is C25H34N4O3. The van der Waals surface area contributed by atoms with E-state index in [4.69, 9.17) is 14.7 Å². The number of carbonyl (C=O) groups is 1. The molecule has 1 amide bonds. The van der Waals surface area contributed by atoms with Crippen LogP contribution in [0.25, 0.3) is 0 Å². The Morgan fingerprint density at radius 3 is 2.66 bits per heavy atom. The molecule has 32 heavy (non-hydrogen) atoms. The van der Waals surface area contributed by atoms with Crippen LogP contribution in [0.2, 0.25) is 0 Å². The Labute approximate surface area is 190 Å². The molecule has 172 valence electrons. The number of rotatable bonds is 10. The van der Waals surface area contributed by atoms with Gasteiger partial charge in [0.25, 0.3) is 0 Å². The molecule has 1 aliphatic heterocycles. The van der Waals surface area contributed by atoms with E-state index in [-0.39, 0.29) is 11.3 Å². The summed E-state index contributed by atoms with van der Waals surface area (Å²) in [5.41, 5.74) is 4.18. The standard InChI is InChI=1S/C25H34N4O3/c1-4-32-22-8-6-21(7-9-22)25(12-16-31-17-13-25)18-27-24(30)11-10-23-19(2)28-29(20(23)3)15-5-14-26/h6-9H,4-5,10-13,15-18H2,1-3H3,(H,27,30). The summed E-state index contributed by atoms with van der Waals surface area (Å²) in [5, 5.41) is 16.5. The van der Waals surface area contributed by atoms with Gasteiger partial charge in [-0.3, -0.25) is 9.48 Å². The van der Waals surface area contributed by atoms with Gasteiger partial charge in [-0.25, -0.2) is 0 Å². The van der Waals surface area contributed by atoms with Crippen LogP contribution in [0, 0.1) is 25.2 Å². The van der Waals surface area contributed by atoms with Crippen molar-refractivity contribution in [2.24, 2.45) is 0 Å². The number of carbonyl (C=O) groups excluding carboxylic acids is 1. The fraction of sp³-hybridized carbons (Fsp3) is 0.560. The Kier molecular flexibility index (Phi) is 8.29. The molecule has 3 rings (SSSR count). The van der Waals surface area contributed by atoms with Crippen LogP contribution >= 0.6 is 0 Å². The van der Waals surface area contributed by atoms with Crippen molar-refractivity contribution in [3.05, 3.63) is 46.8 Å². The van der Waals surface area contributed by atoms with Crippen LogP contribution in [-0.2, 0) is 27.9 Å². The molecule has 7 nitrogen and oxygen atoms in total. The zero-order valence-electron chi connectivity index (χ0n) is 19.4. The molecule has 1 aliphatic rings. The zero-order chi connectivity index (χ0) is 23.0. The van der Waals surface area contributed by atoms with Crippen LogP contribution in [-0.4, -0.2) is 42.1 Å². The van der Waals surface area contributed by atoms with E-state index in [0.717, 1.165) is 35.5 Å². The van der Waals surface area contributed by atoms with Gasteiger partial charge in [-0.1, -0.05) is 12.1 Å². The minimum Gasteiger partial charge on any atom is -0.494 e. The van der Waals surface area contributed by atoms with E-state index in [1.54, 1.807) is 0 Å². The second kappa shape index (κ2) is 11.1. The lowest BCUT2D eigenvalue weighted by atomic mass is 9.74. The van der Waals surface area contributed by atoms with Crippen LogP contribution in [0.4, 0.5) is 0 Å². The highest BCUT2D eigenvalue weighted by Crippen LogP contribution is 2.35. The molecule has 2 heterocycles. The van der Waals surface area contributed by atoms with E-state index in [1.165, 1.54) is 5.56 Å². The fourth-order valence-electron chi connectivity index (χ4n) is 4.47. The molecule has 7 heteroatoms. The number of hydrogen-bond acceptors (Lipinski definition) is 5. The number of nitriles is 1. The van der Waals surface area contributed by atoms with Crippen molar-refractivity contribution in [2.75, 3.05) is 26.4 Å². The molecule has 1 saturated heterocycles. The van der Waals surface area contributed by atoms with E-state index in [9.17, 15) is 4.79 Å². The van der Waals surface area contributed by atoms with E-state index in [1.807, 2.05) is 37.6 Å². The molecule has 1 aromatic heterocycles. The summed E-state index contributed by atoms with van der Waals surface area (Å²) < 4.78 is 13.1. The lowest BCUT2D eigenvalue weighted by molar-refractivity contribution is -0.121. The van der Waals surface area contributed by atoms with Gasteiger partial charge in [0.1, 0.15) is 5.75 Å². The molecule has 1 fully saturated rings. The first-order valence-electron chi connectivity index (χ1n) is 11.5. The maximum absolute atomic E-state index is 12.7. The highest BCUT2D eigenvalue weighted by Gasteiger charge is 2.34. The van der Waals surface area contributed by atoms with Gasteiger partial charge in [-0.15, -0.1) is 0 Å². The van der Waals surface area contributed by atoms with E-state index in [0.29, 0.717) is 52.2 Å². The van der Waals surface area contributed by atoms with Gasteiger partial charge in [0.2, 0.25) is 5.91 Å². The van der Waals surface area contributed by atoms with Crippen molar-refractivity contribution in [1.29, 1.82) is 5.26 Å². The predicted octanol–water partition coefficient (Wildman–Crippen LogP) is 3.61. The molecule has 0 aliphatic carbocycles. The first-order valence-corrected chi connectivity index (χ1v) is 11.5. The summed E-state index contributed by atoms with van der Waals surface area (Å²) in [4.78, 5) is 12.7. The lowest BCUT2D eigenvalue weighted by Crippen LogP contribution is -2.44. The quantitative estimate of drug-likeness (QED) is 0.612. The molecular weight excluding hydrogens is 404 g/mol. The molecule has 0 radical (unpaired) electrons. The second-order valence-electron chi connectivity index (χ2n) is 8.41. The Balaban J connectivity index is 1.61. The largest absolute Gasteiger partial charge is 0.494 e. The third kappa shape index (κ3) is 5.68. The summed E-state index contributed by atoms with van der Waals surface area (Å²) in [6, 6.07) is 10.4. The van der Waals surface area contributed by atoms with Crippen molar-refractivity contribution < 1.29 is 14.3 Å². The second-order valence-corrected chi connectivity index (χ2v) is 8.41. The molecule has 0 bridgehead atoms. The number of aryl methyl sites for hydroxylation is 2. The topological polar surface area (TPSA) is 89.2 Å². The SMILES string of the molecule is CCOc1ccc(C2(CNC(=O)CCc3c(C)nn(CCC#N)c3C)CCOCC2)cc1. The summed E-state index contributed by atoms with van der Waals surface area (Å²) in [5.74, 6) is 0.911. The zero-order valence-corrected chi connectivity index (χ0v) is 19.4. The van der Waals surface area contributed by atoms with Crippen molar-refractivity contribution in [2.45, 2.75) is 64.8 Å². The molecule has 2 aromatic rings. The van der Waals surface area contributed by atoms with Gasteiger partial charge < -0.3 is 14.8 Å². The summed E-state index contributed by atoms with van der Waals surface area (Å²) in [7, 11) is 0. The monoisotopic (exact) mass is 438 g/mol. The molecule has 1 N–H and O–H groups in total. The van der Waals surface area contributed by atoms with E-state index >= 15 is 0 Å². The van der Waals surface area contributed by atoms with Crippen LogP contribution in [0.3, 0.4) is 0 Å². The Morgan fingerprint density at radius 2 is 2.00 bits per heavy atom. The lowest BCUT2D eigenvalue weighted by Gasteiger charge is -2.38. The Morgan fingerprint density at radius 1 is 1.28 bits per heavy atom. The third-order valence-corrected chi connectivity index (χ3v) is 6.42. The number of nitrogens with zero attached hydrogens (tertiary/aromatic N) is 3. The maximum Gasteiger partial charge on any atom is 0.220 e. The minimum atomic E-state index is -0.118. The normalized spacial score (nSPS) is 15.2. The molecule has 1 aromatic carbocycles. The van der Waals surface area contributed by atoms with Crippen molar-refractivity contribution in [3.8, 4) is 11.8 Å². The minimum absolute atomic E-state index is 0.0466. The highest BCUT2D eigenvalue weighted by atomic mass is 16.5. The third-order valence-electron chi connectivity index (χ3n) is 6.42. The van der Waals surface area contributed by atoms with Gasteiger partial charge >= 0.3 is 0 Å². The fourth-order valence-corrected chi connectivity index (χ4v) is 4.47. The van der Waals surface area contributed by atoms with Gasteiger partial charge in [-0.2, -0.15) is 10.4 Å². The number of hydrogen-bond donors (Lipinski definition) is 1. The maximum atomic E-state index is 12.7. The number of aromatic nitrogens is 2. The summed E-state index contributed by atoms with van der Waals surface area (Å²) in [6.07, 6.45) is 3.26. The van der Waals surface area contributed by atoms with E-state index in [2.05, 4.69) is 28.6 Å². The average molecular weight is 439 g/mol. The Bertz CT molecular complexity index is 937. The molecule has 0 atom stereocenters. The van der Waals surface area contributed by atoms with Crippen molar-refractivity contribution in [3.63, 3.8) is 0 Å². The molecule has 0 unspecified atom stereocenters. The first kappa shape index (κ1) is 23.8. The van der Waals surface area contributed by atoms with E-state index < -0.39 is 0 Å². The number of ether oxygens (including phenoxy) is 2. The summed E-state index contributed by atoms with van der Waals surface area (Å²) >= 11 is 0. The van der Waals surface area contributed by atoms with Crippen LogP contribution in [0.5, 0.6) is 5.75 Å². The van der Waals surface area contributed by atoms with Gasteiger partial charge in [0, 0.05) is 37.3 Å².